The zero-order valence-electron chi connectivity index (χ0n) is 11.8. The van der Waals surface area contributed by atoms with E-state index in [9.17, 15) is 0 Å². The predicted octanol–water partition coefficient (Wildman–Crippen LogP) is 1.32. The second kappa shape index (κ2) is 8.19. The van der Waals surface area contributed by atoms with Gasteiger partial charge in [-0.2, -0.15) is 0 Å². The van der Waals surface area contributed by atoms with E-state index in [0.717, 1.165) is 31.9 Å². The number of hydrogen-bond donors (Lipinski definition) is 2. The Bertz CT molecular complexity index is 319. The van der Waals surface area contributed by atoms with Crippen molar-refractivity contribution in [3.05, 3.63) is 29.6 Å². The van der Waals surface area contributed by atoms with E-state index in [1.807, 2.05) is 19.2 Å². The zero-order valence-corrected chi connectivity index (χ0v) is 11.8. The fourth-order valence-electron chi connectivity index (χ4n) is 1.96. The smallest absolute Gasteiger partial charge is 0.0460 e. The normalized spacial score (nSPS) is 12.9. The van der Waals surface area contributed by atoms with Crippen molar-refractivity contribution < 1.29 is 0 Å². The summed E-state index contributed by atoms with van der Waals surface area (Å²) in [5.41, 5.74) is 8.03. The van der Waals surface area contributed by atoms with Gasteiger partial charge in [-0.1, -0.05) is 19.9 Å². The van der Waals surface area contributed by atoms with E-state index in [1.54, 1.807) is 0 Å². The van der Waals surface area contributed by atoms with Crippen LogP contribution in [0.1, 0.15) is 31.1 Å². The lowest BCUT2D eigenvalue weighted by molar-refractivity contribution is 0.297. The van der Waals surface area contributed by atoms with E-state index in [4.69, 9.17) is 5.73 Å². The Morgan fingerprint density at radius 3 is 2.56 bits per heavy atom. The van der Waals surface area contributed by atoms with E-state index >= 15 is 0 Å². The Labute approximate surface area is 111 Å². The first-order valence-electron chi connectivity index (χ1n) is 6.79. The number of aryl methyl sites for hydroxylation is 1. The molecule has 0 aliphatic heterocycles. The van der Waals surface area contributed by atoms with Crippen LogP contribution in [0.4, 0.5) is 0 Å². The molecule has 0 aliphatic carbocycles. The molecule has 1 aromatic rings. The summed E-state index contributed by atoms with van der Waals surface area (Å²) in [7, 11) is 0. The summed E-state index contributed by atoms with van der Waals surface area (Å²) < 4.78 is 0. The third kappa shape index (κ3) is 4.72. The lowest BCUT2D eigenvalue weighted by Crippen LogP contribution is -2.36. The lowest BCUT2D eigenvalue weighted by atomic mass is 10.1. The molecule has 1 unspecified atom stereocenters. The average Bonchev–Trinajstić information content (AvgIpc) is 2.41. The first-order chi connectivity index (χ1) is 8.71. The molecule has 0 amide bonds. The molecule has 3 N–H and O–H groups in total. The molecule has 4 heteroatoms. The van der Waals surface area contributed by atoms with Crippen LogP contribution in [-0.2, 0) is 0 Å². The summed E-state index contributed by atoms with van der Waals surface area (Å²) in [4.78, 5) is 6.71. The molecule has 0 bridgehead atoms. The Balaban J connectivity index is 2.44. The van der Waals surface area contributed by atoms with Crippen LogP contribution in [0.5, 0.6) is 0 Å². The van der Waals surface area contributed by atoms with Crippen molar-refractivity contribution in [2.24, 2.45) is 5.73 Å². The number of rotatable bonds is 8. The molecule has 18 heavy (non-hydrogen) atoms. The predicted molar refractivity (Wildman–Crippen MR) is 76.6 cm³/mol. The highest BCUT2D eigenvalue weighted by atomic mass is 15.1. The molecule has 0 radical (unpaired) electrons. The second-order valence-electron chi connectivity index (χ2n) is 4.50. The highest BCUT2D eigenvalue weighted by Gasteiger charge is 2.09. The van der Waals surface area contributed by atoms with Crippen molar-refractivity contribution in [3.8, 4) is 0 Å². The zero-order chi connectivity index (χ0) is 13.4. The van der Waals surface area contributed by atoms with Crippen LogP contribution in [0.15, 0.2) is 18.3 Å². The maximum absolute atomic E-state index is 5.82. The summed E-state index contributed by atoms with van der Waals surface area (Å²) in [5.74, 6) is 0. The maximum atomic E-state index is 5.82. The summed E-state index contributed by atoms with van der Waals surface area (Å²) in [6.07, 6.45) is 1.91. The van der Waals surface area contributed by atoms with Crippen LogP contribution in [-0.4, -0.2) is 42.6 Å². The Hall–Kier alpha value is -0.970. The van der Waals surface area contributed by atoms with Crippen LogP contribution in [0, 0.1) is 6.92 Å². The largest absolute Gasteiger partial charge is 0.329 e. The Kier molecular flexibility index (Phi) is 6.86. The van der Waals surface area contributed by atoms with Gasteiger partial charge in [0.05, 0.1) is 0 Å². The van der Waals surface area contributed by atoms with Gasteiger partial charge in [-0.15, -0.1) is 0 Å². The third-order valence-corrected chi connectivity index (χ3v) is 3.29. The van der Waals surface area contributed by atoms with Gasteiger partial charge in [-0.05, 0) is 31.6 Å². The molecule has 1 atom stereocenters. The molecular weight excluding hydrogens is 224 g/mol. The van der Waals surface area contributed by atoms with Gasteiger partial charge in [0.2, 0.25) is 0 Å². The van der Waals surface area contributed by atoms with Crippen LogP contribution in [0.3, 0.4) is 0 Å². The van der Waals surface area contributed by atoms with Crippen LogP contribution in [0.25, 0.3) is 0 Å². The van der Waals surface area contributed by atoms with E-state index < -0.39 is 0 Å². The average molecular weight is 250 g/mol. The lowest BCUT2D eigenvalue weighted by Gasteiger charge is -2.21. The van der Waals surface area contributed by atoms with Gasteiger partial charge >= 0.3 is 0 Å². The number of likely N-dealkylation sites (N-methyl/N-ethyl adjacent to an activating group) is 1. The minimum absolute atomic E-state index is 0.202. The SMILES string of the molecule is CCN(CC)CCNC(CN)c1ccc(C)nc1. The van der Waals surface area contributed by atoms with E-state index in [-0.39, 0.29) is 6.04 Å². The fourth-order valence-corrected chi connectivity index (χ4v) is 1.96. The van der Waals surface area contributed by atoms with E-state index in [0.29, 0.717) is 6.54 Å². The topological polar surface area (TPSA) is 54.2 Å². The molecule has 0 saturated carbocycles. The highest BCUT2D eigenvalue weighted by Crippen LogP contribution is 2.10. The van der Waals surface area contributed by atoms with Crippen molar-refractivity contribution in [1.82, 2.24) is 15.2 Å². The monoisotopic (exact) mass is 250 g/mol. The summed E-state index contributed by atoms with van der Waals surface area (Å²) in [5, 5.41) is 3.50. The minimum Gasteiger partial charge on any atom is -0.329 e. The van der Waals surface area contributed by atoms with Crippen molar-refractivity contribution in [3.63, 3.8) is 0 Å². The molecule has 102 valence electrons. The van der Waals surface area contributed by atoms with Crippen molar-refractivity contribution in [1.29, 1.82) is 0 Å². The van der Waals surface area contributed by atoms with Gasteiger partial charge in [0.15, 0.2) is 0 Å². The number of nitrogens with zero attached hydrogens (tertiary/aromatic N) is 2. The van der Waals surface area contributed by atoms with E-state index in [1.165, 1.54) is 5.56 Å². The van der Waals surface area contributed by atoms with Crippen LogP contribution in [0.2, 0.25) is 0 Å². The number of aromatic nitrogens is 1. The van der Waals surface area contributed by atoms with Gasteiger partial charge in [-0.3, -0.25) is 4.98 Å². The summed E-state index contributed by atoms with van der Waals surface area (Å²) in [6, 6.07) is 4.34. The summed E-state index contributed by atoms with van der Waals surface area (Å²) >= 11 is 0. The first-order valence-corrected chi connectivity index (χ1v) is 6.79. The number of nitrogens with two attached hydrogens (primary N) is 1. The van der Waals surface area contributed by atoms with Gasteiger partial charge in [0, 0.05) is 37.6 Å². The summed E-state index contributed by atoms with van der Waals surface area (Å²) in [6.45, 7) is 11.2. The molecule has 0 aromatic carbocycles. The molecule has 4 nitrogen and oxygen atoms in total. The van der Waals surface area contributed by atoms with Gasteiger partial charge in [-0.25, -0.2) is 0 Å². The number of hydrogen-bond acceptors (Lipinski definition) is 4. The van der Waals surface area contributed by atoms with E-state index in [2.05, 4.69) is 35.1 Å². The standard InChI is InChI=1S/C14H26N4/c1-4-18(5-2)9-8-16-14(10-15)13-7-6-12(3)17-11-13/h6-7,11,14,16H,4-5,8-10,15H2,1-3H3. The first kappa shape index (κ1) is 15.1. The molecular formula is C14H26N4. The number of nitrogens with one attached hydrogen (secondary N) is 1. The molecule has 0 aliphatic rings. The molecule has 0 fully saturated rings. The number of pyridine rings is 1. The quantitative estimate of drug-likeness (QED) is 0.730. The Morgan fingerprint density at radius 2 is 2.06 bits per heavy atom. The van der Waals surface area contributed by atoms with Crippen LogP contribution >= 0.6 is 0 Å². The van der Waals surface area contributed by atoms with Gasteiger partial charge in [0.25, 0.3) is 0 Å². The molecule has 1 aromatic heterocycles. The van der Waals surface area contributed by atoms with Crippen molar-refractivity contribution in [2.45, 2.75) is 26.8 Å². The van der Waals surface area contributed by atoms with Crippen molar-refractivity contribution >= 4 is 0 Å². The maximum Gasteiger partial charge on any atom is 0.0460 e. The molecule has 1 heterocycles. The third-order valence-electron chi connectivity index (χ3n) is 3.29. The highest BCUT2D eigenvalue weighted by molar-refractivity contribution is 5.17. The molecule has 0 saturated heterocycles. The second-order valence-corrected chi connectivity index (χ2v) is 4.50. The minimum atomic E-state index is 0.202. The Morgan fingerprint density at radius 1 is 1.33 bits per heavy atom. The van der Waals surface area contributed by atoms with Gasteiger partial charge < -0.3 is 16.0 Å². The van der Waals surface area contributed by atoms with Gasteiger partial charge in [0.1, 0.15) is 0 Å². The molecule has 0 spiro atoms. The van der Waals surface area contributed by atoms with Crippen molar-refractivity contribution in [2.75, 3.05) is 32.7 Å². The molecule has 1 rings (SSSR count). The fraction of sp³-hybridized carbons (Fsp3) is 0.643. The van der Waals surface area contributed by atoms with Crippen LogP contribution < -0.4 is 11.1 Å².